The van der Waals surface area contributed by atoms with Crippen LogP contribution in [0, 0.1) is 5.82 Å². The van der Waals surface area contributed by atoms with Gasteiger partial charge in [-0.3, -0.25) is 4.79 Å². The first-order chi connectivity index (χ1) is 11.5. The minimum absolute atomic E-state index is 0.0342. The van der Waals surface area contributed by atoms with Gasteiger partial charge < -0.3 is 14.4 Å². The van der Waals surface area contributed by atoms with Gasteiger partial charge in [0.15, 0.2) is 11.5 Å². The van der Waals surface area contributed by atoms with Crippen molar-refractivity contribution < 1.29 is 18.7 Å². The second kappa shape index (κ2) is 8.34. The van der Waals surface area contributed by atoms with Crippen LogP contribution in [0.3, 0.4) is 0 Å². The largest absolute Gasteiger partial charge is 0.493 e. The fourth-order valence-electron chi connectivity index (χ4n) is 2.45. The third-order valence-corrected chi connectivity index (χ3v) is 3.87. The smallest absolute Gasteiger partial charge is 0.222 e. The van der Waals surface area contributed by atoms with E-state index >= 15 is 0 Å². The quantitative estimate of drug-likeness (QED) is 0.780. The highest BCUT2D eigenvalue weighted by molar-refractivity contribution is 5.76. The molecule has 128 valence electrons. The molecule has 0 aromatic heterocycles. The number of aryl methyl sites for hydroxylation is 1. The topological polar surface area (TPSA) is 38.8 Å². The average Bonchev–Trinajstić information content (AvgIpc) is 2.61. The van der Waals surface area contributed by atoms with Crippen LogP contribution in [0.1, 0.15) is 17.5 Å². The van der Waals surface area contributed by atoms with Gasteiger partial charge in [-0.2, -0.15) is 0 Å². The lowest BCUT2D eigenvalue weighted by atomic mass is 10.1. The molecular weight excluding hydrogens is 309 g/mol. The van der Waals surface area contributed by atoms with E-state index in [9.17, 15) is 9.18 Å². The van der Waals surface area contributed by atoms with Crippen LogP contribution in [0.5, 0.6) is 11.5 Å². The van der Waals surface area contributed by atoms with Crippen molar-refractivity contribution in [2.45, 2.75) is 19.4 Å². The van der Waals surface area contributed by atoms with Gasteiger partial charge in [-0.1, -0.05) is 24.3 Å². The minimum Gasteiger partial charge on any atom is -0.493 e. The number of benzene rings is 2. The van der Waals surface area contributed by atoms with Crippen LogP contribution in [0.25, 0.3) is 0 Å². The van der Waals surface area contributed by atoms with E-state index in [1.807, 2.05) is 18.2 Å². The van der Waals surface area contributed by atoms with Gasteiger partial charge in [0.25, 0.3) is 0 Å². The molecule has 0 atom stereocenters. The maximum atomic E-state index is 13.7. The van der Waals surface area contributed by atoms with Crippen molar-refractivity contribution in [2.75, 3.05) is 21.3 Å². The summed E-state index contributed by atoms with van der Waals surface area (Å²) in [5.41, 5.74) is 1.50. The van der Waals surface area contributed by atoms with Crippen molar-refractivity contribution in [1.82, 2.24) is 4.90 Å². The fraction of sp³-hybridized carbons (Fsp3) is 0.316. The van der Waals surface area contributed by atoms with E-state index in [-0.39, 0.29) is 18.3 Å². The zero-order chi connectivity index (χ0) is 17.5. The molecule has 0 aliphatic heterocycles. The third-order valence-electron chi connectivity index (χ3n) is 3.87. The molecule has 0 aliphatic rings. The number of carbonyl (C=O) groups is 1. The van der Waals surface area contributed by atoms with Gasteiger partial charge in [0.05, 0.1) is 14.2 Å². The molecule has 0 bridgehead atoms. The normalized spacial score (nSPS) is 10.3. The summed E-state index contributed by atoms with van der Waals surface area (Å²) >= 11 is 0. The molecule has 2 rings (SSSR count). The summed E-state index contributed by atoms with van der Waals surface area (Å²) in [6, 6.07) is 12.1. The van der Waals surface area contributed by atoms with Gasteiger partial charge in [0.2, 0.25) is 5.91 Å². The SMILES string of the molecule is COc1ccc(CCC(=O)N(C)Cc2ccccc2F)cc1OC. The molecule has 24 heavy (non-hydrogen) atoms. The maximum Gasteiger partial charge on any atom is 0.222 e. The fourth-order valence-corrected chi connectivity index (χ4v) is 2.45. The minimum atomic E-state index is -0.294. The van der Waals surface area contributed by atoms with Crippen molar-refractivity contribution in [2.24, 2.45) is 0 Å². The maximum absolute atomic E-state index is 13.7. The van der Waals surface area contributed by atoms with E-state index in [0.717, 1.165) is 5.56 Å². The van der Waals surface area contributed by atoms with E-state index in [1.54, 1.807) is 44.4 Å². The zero-order valence-corrected chi connectivity index (χ0v) is 14.2. The van der Waals surface area contributed by atoms with Crippen LogP contribution in [-0.2, 0) is 17.8 Å². The van der Waals surface area contributed by atoms with Crippen LogP contribution < -0.4 is 9.47 Å². The zero-order valence-electron chi connectivity index (χ0n) is 14.2. The van der Waals surface area contributed by atoms with Crippen LogP contribution >= 0.6 is 0 Å². The Morgan fingerprint density at radius 1 is 1.08 bits per heavy atom. The lowest BCUT2D eigenvalue weighted by Gasteiger charge is -2.18. The highest BCUT2D eigenvalue weighted by Gasteiger charge is 2.12. The molecule has 0 saturated heterocycles. The van der Waals surface area contributed by atoms with Crippen LogP contribution in [0.15, 0.2) is 42.5 Å². The summed E-state index contributed by atoms with van der Waals surface area (Å²) in [6.45, 7) is 0.261. The summed E-state index contributed by atoms with van der Waals surface area (Å²) < 4.78 is 24.1. The Balaban J connectivity index is 1.94. The molecule has 0 heterocycles. The first-order valence-electron chi connectivity index (χ1n) is 7.73. The number of carbonyl (C=O) groups excluding carboxylic acids is 1. The summed E-state index contributed by atoms with van der Waals surface area (Å²) in [4.78, 5) is 13.8. The number of rotatable bonds is 7. The predicted octanol–water partition coefficient (Wildman–Crippen LogP) is 3.43. The summed E-state index contributed by atoms with van der Waals surface area (Å²) in [6.07, 6.45) is 0.932. The first kappa shape index (κ1) is 17.8. The predicted molar refractivity (Wildman–Crippen MR) is 90.7 cm³/mol. The lowest BCUT2D eigenvalue weighted by molar-refractivity contribution is -0.130. The number of hydrogen-bond donors (Lipinski definition) is 0. The average molecular weight is 331 g/mol. The molecule has 4 nitrogen and oxygen atoms in total. The second-order valence-electron chi connectivity index (χ2n) is 5.53. The molecule has 2 aromatic carbocycles. The van der Waals surface area contributed by atoms with Crippen molar-refractivity contribution in [3.63, 3.8) is 0 Å². The Morgan fingerprint density at radius 3 is 2.46 bits per heavy atom. The molecular formula is C19H22FNO3. The van der Waals surface area contributed by atoms with Crippen LogP contribution in [0.4, 0.5) is 4.39 Å². The summed E-state index contributed by atoms with van der Waals surface area (Å²) in [7, 11) is 4.84. The van der Waals surface area contributed by atoms with Crippen LogP contribution in [-0.4, -0.2) is 32.1 Å². The Kier molecular flexibility index (Phi) is 6.18. The van der Waals surface area contributed by atoms with Gasteiger partial charge in [-0.25, -0.2) is 4.39 Å². The Labute approximate surface area is 141 Å². The van der Waals surface area contributed by atoms with Crippen molar-refractivity contribution >= 4 is 5.91 Å². The van der Waals surface area contributed by atoms with E-state index in [4.69, 9.17) is 9.47 Å². The second-order valence-corrected chi connectivity index (χ2v) is 5.53. The van der Waals surface area contributed by atoms with E-state index in [2.05, 4.69) is 0 Å². The molecule has 1 amide bonds. The van der Waals surface area contributed by atoms with Crippen molar-refractivity contribution in [3.05, 3.63) is 59.4 Å². The molecule has 0 saturated carbocycles. The molecule has 0 fully saturated rings. The first-order valence-corrected chi connectivity index (χ1v) is 7.73. The highest BCUT2D eigenvalue weighted by Crippen LogP contribution is 2.28. The number of hydrogen-bond acceptors (Lipinski definition) is 3. The van der Waals surface area contributed by atoms with Gasteiger partial charge in [0.1, 0.15) is 5.82 Å². The van der Waals surface area contributed by atoms with E-state index < -0.39 is 0 Å². The van der Waals surface area contributed by atoms with Crippen LogP contribution in [0.2, 0.25) is 0 Å². The molecule has 0 N–H and O–H groups in total. The van der Waals surface area contributed by atoms with Gasteiger partial charge in [0, 0.05) is 25.6 Å². The Bertz CT molecular complexity index is 703. The molecule has 0 unspecified atom stereocenters. The summed E-state index contributed by atoms with van der Waals surface area (Å²) in [5.74, 6) is 0.969. The molecule has 0 spiro atoms. The number of ether oxygens (including phenoxy) is 2. The summed E-state index contributed by atoms with van der Waals surface area (Å²) in [5, 5.41) is 0. The van der Waals surface area contributed by atoms with E-state index in [1.165, 1.54) is 6.07 Å². The Hall–Kier alpha value is -2.56. The number of halogens is 1. The monoisotopic (exact) mass is 331 g/mol. The Morgan fingerprint density at radius 2 is 1.79 bits per heavy atom. The highest BCUT2D eigenvalue weighted by atomic mass is 19.1. The molecule has 5 heteroatoms. The van der Waals surface area contributed by atoms with Gasteiger partial charge in [-0.15, -0.1) is 0 Å². The lowest BCUT2D eigenvalue weighted by Crippen LogP contribution is -2.26. The molecule has 0 aliphatic carbocycles. The number of amides is 1. The van der Waals surface area contributed by atoms with E-state index in [0.29, 0.717) is 29.9 Å². The van der Waals surface area contributed by atoms with Crippen molar-refractivity contribution in [3.8, 4) is 11.5 Å². The van der Waals surface area contributed by atoms with Gasteiger partial charge in [-0.05, 0) is 30.2 Å². The standard InChI is InChI=1S/C19H22FNO3/c1-21(13-15-6-4-5-7-16(15)20)19(22)11-9-14-8-10-17(23-2)18(12-14)24-3/h4-8,10,12H,9,11,13H2,1-3H3. The molecule has 2 aromatic rings. The number of nitrogens with zero attached hydrogens (tertiary/aromatic N) is 1. The van der Waals surface area contributed by atoms with Gasteiger partial charge >= 0.3 is 0 Å². The van der Waals surface area contributed by atoms with Crippen molar-refractivity contribution in [1.29, 1.82) is 0 Å². The number of methoxy groups -OCH3 is 2. The third kappa shape index (κ3) is 4.47. The molecule has 0 radical (unpaired) electrons.